The normalized spacial score (nSPS) is 24.8. The molecular formula is C20H18BrNO4. The van der Waals surface area contributed by atoms with Crippen molar-refractivity contribution >= 4 is 15.9 Å². The molecule has 0 saturated carbocycles. The average molecular weight is 416 g/mol. The van der Waals surface area contributed by atoms with E-state index in [-0.39, 0.29) is 0 Å². The SMILES string of the molecule is C[C@@H]1c2cc3c(cc2CN2CCc4c(cc5c(c4Br)OCO5)[C@@H]12)OCO3. The Morgan fingerprint density at radius 2 is 1.69 bits per heavy atom. The number of halogens is 1. The Hall–Kier alpha value is -1.92. The number of fused-ring (bicyclic) bond motifs is 6. The summed E-state index contributed by atoms with van der Waals surface area (Å²) in [6.07, 6.45) is 1.01. The summed E-state index contributed by atoms with van der Waals surface area (Å²) in [5.41, 5.74) is 5.41. The van der Waals surface area contributed by atoms with E-state index in [4.69, 9.17) is 18.9 Å². The molecule has 0 amide bonds. The van der Waals surface area contributed by atoms with Crippen molar-refractivity contribution in [3.05, 3.63) is 44.9 Å². The lowest BCUT2D eigenvalue weighted by Crippen LogP contribution is -2.41. The summed E-state index contributed by atoms with van der Waals surface area (Å²) in [4.78, 5) is 2.58. The molecule has 0 radical (unpaired) electrons. The van der Waals surface area contributed by atoms with E-state index in [0.717, 1.165) is 47.0 Å². The zero-order valence-electron chi connectivity index (χ0n) is 14.4. The molecule has 4 heterocycles. The van der Waals surface area contributed by atoms with Gasteiger partial charge < -0.3 is 18.9 Å². The molecule has 4 aliphatic heterocycles. The van der Waals surface area contributed by atoms with Crippen molar-refractivity contribution < 1.29 is 18.9 Å². The summed E-state index contributed by atoms with van der Waals surface area (Å²) in [6, 6.07) is 6.86. The molecule has 6 heteroatoms. The number of nitrogens with zero attached hydrogens (tertiary/aromatic N) is 1. The summed E-state index contributed by atoms with van der Waals surface area (Å²) in [6.45, 7) is 4.90. The van der Waals surface area contributed by atoms with Gasteiger partial charge in [0.15, 0.2) is 23.0 Å². The molecule has 5 nitrogen and oxygen atoms in total. The number of ether oxygens (including phenoxy) is 4. The minimum atomic E-state index is 0.299. The Morgan fingerprint density at radius 3 is 2.58 bits per heavy atom. The summed E-state index contributed by atoms with van der Waals surface area (Å²) >= 11 is 3.77. The molecule has 2 aromatic carbocycles. The van der Waals surface area contributed by atoms with Gasteiger partial charge in [0.05, 0.1) is 4.47 Å². The summed E-state index contributed by atoms with van der Waals surface area (Å²) in [5.74, 6) is 3.80. The quantitative estimate of drug-likeness (QED) is 0.646. The van der Waals surface area contributed by atoms with Crippen molar-refractivity contribution in [1.29, 1.82) is 0 Å². The second-order valence-electron chi connectivity index (χ2n) is 7.35. The van der Waals surface area contributed by atoms with Crippen LogP contribution in [0.3, 0.4) is 0 Å². The molecule has 2 atom stereocenters. The molecule has 0 aromatic heterocycles. The molecule has 0 aliphatic carbocycles. The topological polar surface area (TPSA) is 40.2 Å². The van der Waals surface area contributed by atoms with Crippen molar-refractivity contribution in [2.75, 3.05) is 20.1 Å². The molecule has 26 heavy (non-hydrogen) atoms. The van der Waals surface area contributed by atoms with Gasteiger partial charge in [-0.05, 0) is 62.8 Å². The Balaban J connectivity index is 1.50. The molecule has 0 bridgehead atoms. The second kappa shape index (κ2) is 5.30. The lowest BCUT2D eigenvalue weighted by Gasteiger charge is -2.45. The Bertz CT molecular complexity index is 944. The predicted molar refractivity (Wildman–Crippen MR) is 98.1 cm³/mol. The first kappa shape index (κ1) is 15.2. The van der Waals surface area contributed by atoms with Crippen molar-refractivity contribution in [3.63, 3.8) is 0 Å². The minimum Gasteiger partial charge on any atom is -0.454 e. The monoisotopic (exact) mass is 415 g/mol. The van der Waals surface area contributed by atoms with E-state index in [1.807, 2.05) is 0 Å². The number of rotatable bonds is 0. The van der Waals surface area contributed by atoms with Crippen LogP contribution in [0.1, 0.15) is 41.1 Å². The lowest BCUT2D eigenvalue weighted by atomic mass is 9.77. The van der Waals surface area contributed by atoms with E-state index in [1.54, 1.807) is 0 Å². The van der Waals surface area contributed by atoms with E-state index in [2.05, 4.69) is 46.0 Å². The summed E-state index contributed by atoms with van der Waals surface area (Å²) in [5, 5.41) is 0. The first-order valence-corrected chi connectivity index (χ1v) is 9.77. The van der Waals surface area contributed by atoms with Gasteiger partial charge in [-0.25, -0.2) is 0 Å². The van der Waals surface area contributed by atoms with Gasteiger partial charge in [-0.3, -0.25) is 4.90 Å². The van der Waals surface area contributed by atoms with Gasteiger partial charge in [-0.1, -0.05) is 6.92 Å². The highest BCUT2D eigenvalue weighted by Crippen LogP contribution is 2.53. The molecule has 4 aliphatic rings. The number of hydrogen-bond acceptors (Lipinski definition) is 5. The predicted octanol–water partition coefficient (Wildman–Crippen LogP) is 4.12. The Morgan fingerprint density at radius 1 is 0.962 bits per heavy atom. The van der Waals surface area contributed by atoms with E-state index < -0.39 is 0 Å². The zero-order chi connectivity index (χ0) is 17.4. The second-order valence-corrected chi connectivity index (χ2v) is 8.14. The van der Waals surface area contributed by atoms with Crippen LogP contribution in [0.2, 0.25) is 0 Å². The van der Waals surface area contributed by atoms with Crippen molar-refractivity contribution in [2.24, 2.45) is 0 Å². The first-order valence-electron chi connectivity index (χ1n) is 8.98. The third-order valence-electron chi connectivity index (χ3n) is 6.07. The molecule has 0 N–H and O–H groups in total. The maximum Gasteiger partial charge on any atom is 0.231 e. The van der Waals surface area contributed by atoms with Crippen LogP contribution in [0.15, 0.2) is 22.7 Å². The van der Waals surface area contributed by atoms with Crippen LogP contribution in [0.4, 0.5) is 0 Å². The van der Waals surface area contributed by atoms with E-state index in [1.165, 1.54) is 22.3 Å². The minimum absolute atomic E-state index is 0.299. The molecule has 0 saturated heterocycles. The highest BCUT2D eigenvalue weighted by Gasteiger charge is 2.40. The van der Waals surface area contributed by atoms with Gasteiger partial charge in [0.2, 0.25) is 13.6 Å². The van der Waals surface area contributed by atoms with Gasteiger partial charge in [0.25, 0.3) is 0 Å². The fraction of sp³-hybridized carbons (Fsp3) is 0.400. The molecule has 0 spiro atoms. The van der Waals surface area contributed by atoms with Crippen LogP contribution in [-0.2, 0) is 13.0 Å². The smallest absolute Gasteiger partial charge is 0.231 e. The van der Waals surface area contributed by atoms with Crippen LogP contribution in [0.25, 0.3) is 0 Å². The molecule has 6 rings (SSSR count). The van der Waals surface area contributed by atoms with Gasteiger partial charge in [0, 0.05) is 25.0 Å². The zero-order valence-corrected chi connectivity index (χ0v) is 16.0. The van der Waals surface area contributed by atoms with Crippen LogP contribution < -0.4 is 18.9 Å². The van der Waals surface area contributed by atoms with Crippen molar-refractivity contribution in [1.82, 2.24) is 4.90 Å². The number of hydrogen-bond donors (Lipinski definition) is 0. The Labute approximate surface area is 159 Å². The van der Waals surface area contributed by atoms with E-state index in [9.17, 15) is 0 Å². The van der Waals surface area contributed by atoms with Crippen molar-refractivity contribution in [2.45, 2.75) is 31.8 Å². The Kier molecular flexibility index (Phi) is 3.09. The third kappa shape index (κ3) is 1.94. The highest BCUT2D eigenvalue weighted by atomic mass is 79.9. The number of benzene rings is 2. The largest absolute Gasteiger partial charge is 0.454 e. The summed E-state index contributed by atoms with van der Waals surface area (Å²) < 4.78 is 23.6. The average Bonchev–Trinajstić information content (AvgIpc) is 3.28. The van der Waals surface area contributed by atoms with Crippen LogP contribution in [0, 0.1) is 0 Å². The van der Waals surface area contributed by atoms with Gasteiger partial charge in [-0.2, -0.15) is 0 Å². The van der Waals surface area contributed by atoms with Crippen molar-refractivity contribution in [3.8, 4) is 23.0 Å². The standard InChI is InChI=1S/C20H18BrNO4/c1-10-13-5-16-15(23-8-24-16)4-11(13)7-22-3-2-12-14(19(10)22)6-17-20(18(12)21)26-9-25-17/h4-6,10,19H,2-3,7-9H2,1H3/t10-,19-/m1/s1. The molecule has 0 fully saturated rings. The maximum absolute atomic E-state index is 5.68. The van der Waals surface area contributed by atoms with E-state index >= 15 is 0 Å². The lowest BCUT2D eigenvalue weighted by molar-refractivity contribution is 0.138. The molecule has 134 valence electrons. The van der Waals surface area contributed by atoms with Gasteiger partial charge >= 0.3 is 0 Å². The summed E-state index contributed by atoms with van der Waals surface area (Å²) in [7, 11) is 0. The van der Waals surface area contributed by atoms with Crippen LogP contribution >= 0.6 is 15.9 Å². The van der Waals surface area contributed by atoms with E-state index in [0.29, 0.717) is 25.5 Å². The molecule has 2 aromatic rings. The fourth-order valence-corrected chi connectivity index (χ4v) is 5.62. The van der Waals surface area contributed by atoms with Crippen LogP contribution in [0.5, 0.6) is 23.0 Å². The highest BCUT2D eigenvalue weighted by molar-refractivity contribution is 9.10. The molecular weight excluding hydrogens is 398 g/mol. The van der Waals surface area contributed by atoms with Gasteiger partial charge in [-0.15, -0.1) is 0 Å². The third-order valence-corrected chi connectivity index (χ3v) is 6.91. The van der Waals surface area contributed by atoms with Crippen LogP contribution in [-0.4, -0.2) is 25.0 Å². The van der Waals surface area contributed by atoms with Gasteiger partial charge in [0.1, 0.15) is 0 Å². The maximum atomic E-state index is 5.68. The molecule has 0 unspecified atom stereocenters. The first-order chi connectivity index (χ1) is 12.7. The fourth-order valence-electron chi connectivity index (χ4n) is 4.88.